The summed E-state index contributed by atoms with van der Waals surface area (Å²) in [6, 6.07) is 8.87. The fourth-order valence-electron chi connectivity index (χ4n) is 2.89. The van der Waals surface area contributed by atoms with Crippen molar-refractivity contribution >= 4 is 5.69 Å². The maximum absolute atomic E-state index is 5.95. The molecule has 1 aromatic rings. The Morgan fingerprint density at radius 3 is 2.44 bits per heavy atom. The lowest BCUT2D eigenvalue weighted by atomic mass is 9.94. The number of hydrogen-bond acceptors (Lipinski definition) is 2. The minimum atomic E-state index is 0.319. The predicted molar refractivity (Wildman–Crippen MR) is 67.9 cm³/mol. The lowest BCUT2D eigenvalue weighted by Crippen LogP contribution is -2.25. The fraction of sp³-hybridized carbons (Fsp3) is 0.571. The van der Waals surface area contributed by atoms with E-state index < -0.39 is 0 Å². The molecule has 1 heterocycles. The van der Waals surface area contributed by atoms with Crippen LogP contribution in [0.5, 0.6) is 0 Å². The van der Waals surface area contributed by atoms with Crippen molar-refractivity contribution in [2.75, 3.05) is 24.5 Å². The van der Waals surface area contributed by atoms with Gasteiger partial charge in [-0.3, -0.25) is 0 Å². The third-order valence-corrected chi connectivity index (χ3v) is 4.17. The highest BCUT2D eigenvalue weighted by Gasteiger charge is 2.44. The van der Waals surface area contributed by atoms with Gasteiger partial charge in [0.2, 0.25) is 0 Å². The number of benzene rings is 1. The average Bonchev–Trinajstić information content (AvgIpc) is 2.95. The number of nitrogens with zero attached hydrogens (tertiary/aromatic N) is 1. The first-order chi connectivity index (χ1) is 7.86. The van der Waals surface area contributed by atoms with E-state index in [1.807, 2.05) is 0 Å². The molecule has 1 aliphatic heterocycles. The minimum absolute atomic E-state index is 0.319. The molecule has 0 aromatic heterocycles. The molecule has 1 aromatic carbocycles. The Hall–Kier alpha value is -1.02. The normalized spacial score (nSPS) is 22.4. The molecule has 1 saturated carbocycles. The van der Waals surface area contributed by atoms with Gasteiger partial charge in [-0.15, -0.1) is 0 Å². The topological polar surface area (TPSA) is 29.3 Å². The van der Waals surface area contributed by atoms with Crippen LogP contribution in [-0.4, -0.2) is 19.6 Å². The van der Waals surface area contributed by atoms with E-state index in [-0.39, 0.29) is 0 Å². The Morgan fingerprint density at radius 1 is 1.12 bits per heavy atom. The summed E-state index contributed by atoms with van der Waals surface area (Å²) in [6.07, 6.45) is 5.22. The summed E-state index contributed by atoms with van der Waals surface area (Å²) in [7, 11) is 0. The van der Waals surface area contributed by atoms with Crippen molar-refractivity contribution in [2.24, 2.45) is 5.73 Å². The molecule has 2 fully saturated rings. The smallest absolute Gasteiger partial charge is 0.0404 e. The van der Waals surface area contributed by atoms with E-state index in [9.17, 15) is 0 Å². The molecule has 2 nitrogen and oxygen atoms in total. The zero-order valence-electron chi connectivity index (χ0n) is 9.78. The van der Waals surface area contributed by atoms with Crippen molar-refractivity contribution in [1.82, 2.24) is 0 Å². The van der Waals surface area contributed by atoms with Gasteiger partial charge in [0, 0.05) is 30.7 Å². The summed E-state index contributed by atoms with van der Waals surface area (Å²) in [5, 5.41) is 0. The van der Waals surface area contributed by atoms with Gasteiger partial charge in [0.15, 0.2) is 0 Å². The first-order valence-corrected chi connectivity index (χ1v) is 6.40. The first kappa shape index (κ1) is 10.2. The van der Waals surface area contributed by atoms with Crippen LogP contribution in [0, 0.1) is 0 Å². The lowest BCUT2D eigenvalue weighted by molar-refractivity contribution is 0.700. The molecule has 0 bridgehead atoms. The molecule has 0 atom stereocenters. The van der Waals surface area contributed by atoms with E-state index in [4.69, 9.17) is 5.73 Å². The minimum Gasteiger partial charge on any atom is -0.371 e. The molecule has 0 radical (unpaired) electrons. The van der Waals surface area contributed by atoms with Crippen LogP contribution in [-0.2, 0) is 5.41 Å². The van der Waals surface area contributed by atoms with E-state index in [0.717, 1.165) is 6.54 Å². The Bertz CT molecular complexity index is 376. The monoisotopic (exact) mass is 216 g/mol. The number of para-hydroxylation sites is 1. The highest BCUT2D eigenvalue weighted by Crippen LogP contribution is 2.50. The average molecular weight is 216 g/mol. The molecule has 1 saturated heterocycles. The van der Waals surface area contributed by atoms with E-state index in [1.165, 1.54) is 50.0 Å². The molecule has 2 aliphatic rings. The molecule has 0 amide bonds. The SMILES string of the molecule is NCC1(c2ccccc2N2CCCC2)CC1. The summed E-state index contributed by atoms with van der Waals surface area (Å²) < 4.78 is 0. The van der Waals surface area contributed by atoms with Crippen LogP contribution < -0.4 is 10.6 Å². The van der Waals surface area contributed by atoms with Crippen LogP contribution in [0.3, 0.4) is 0 Å². The zero-order valence-corrected chi connectivity index (χ0v) is 9.78. The molecule has 1 aliphatic carbocycles. The van der Waals surface area contributed by atoms with Crippen LogP contribution in [0.4, 0.5) is 5.69 Å². The van der Waals surface area contributed by atoms with Gasteiger partial charge in [0.05, 0.1) is 0 Å². The molecule has 16 heavy (non-hydrogen) atoms. The second-order valence-electron chi connectivity index (χ2n) is 5.20. The summed E-state index contributed by atoms with van der Waals surface area (Å²) in [4.78, 5) is 2.53. The number of anilines is 1. The van der Waals surface area contributed by atoms with Gasteiger partial charge in [0.25, 0.3) is 0 Å². The Kier molecular flexibility index (Phi) is 2.40. The van der Waals surface area contributed by atoms with Crippen LogP contribution in [0.15, 0.2) is 24.3 Å². The van der Waals surface area contributed by atoms with E-state index in [0.29, 0.717) is 5.41 Å². The molecule has 86 valence electrons. The van der Waals surface area contributed by atoms with E-state index >= 15 is 0 Å². The van der Waals surface area contributed by atoms with Crippen molar-refractivity contribution < 1.29 is 0 Å². The quantitative estimate of drug-likeness (QED) is 0.840. The standard InChI is InChI=1S/C14H20N2/c15-11-14(7-8-14)12-5-1-2-6-13(12)16-9-3-4-10-16/h1-2,5-6H,3-4,7-11,15H2. The van der Waals surface area contributed by atoms with Crippen molar-refractivity contribution in [2.45, 2.75) is 31.1 Å². The molecule has 2 heteroatoms. The van der Waals surface area contributed by atoms with Crippen LogP contribution >= 0.6 is 0 Å². The molecular formula is C14H20N2. The van der Waals surface area contributed by atoms with Crippen molar-refractivity contribution in [3.05, 3.63) is 29.8 Å². The van der Waals surface area contributed by atoms with E-state index in [1.54, 1.807) is 0 Å². The van der Waals surface area contributed by atoms with Crippen molar-refractivity contribution in [3.63, 3.8) is 0 Å². The van der Waals surface area contributed by atoms with Gasteiger partial charge in [-0.25, -0.2) is 0 Å². The molecule has 0 spiro atoms. The second-order valence-corrected chi connectivity index (χ2v) is 5.20. The molecule has 3 rings (SSSR count). The van der Waals surface area contributed by atoms with Crippen LogP contribution in [0.25, 0.3) is 0 Å². The Balaban J connectivity index is 1.97. The van der Waals surface area contributed by atoms with Gasteiger partial charge >= 0.3 is 0 Å². The second kappa shape index (κ2) is 3.77. The van der Waals surface area contributed by atoms with Crippen LogP contribution in [0.1, 0.15) is 31.2 Å². The Labute approximate surface area is 97.4 Å². The number of rotatable bonds is 3. The largest absolute Gasteiger partial charge is 0.371 e. The van der Waals surface area contributed by atoms with Crippen molar-refractivity contribution in [3.8, 4) is 0 Å². The highest BCUT2D eigenvalue weighted by molar-refractivity contribution is 5.59. The van der Waals surface area contributed by atoms with E-state index in [2.05, 4.69) is 29.2 Å². The molecule has 0 unspecified atom stereocenters. The van der Waals surface area contributed by atoms with Gasteiger partial charge in [-0.2, -0.15) is 0 Å². The first-order valence-electron chi connectivity index (χ1n) is 6.40. The van der Waals surface area contributed by atoms with Gasteiger partial charge in [-0.05, 0) is 37.3 Å². The van der Waals surface area contributed by atoms with Gasteiger partial charge in [0.1, 0.15) is 0 Å². The third-order valence-electron chi connectivity index (χ3n) is 4.17. The molecule has 2 N–H and O–H groups in total. The fourth-order valence-corrected chi connectivity index (χ4v) is 2.89. The maximum atomic E-state index is 5.95. The number of hydrogen-bond donors (Lipinski definition) is 1. The summed E-state index contributed by atoms with van der Waals surface area (Å²) in [6.45, 7) is 3.24. The summed E-state index contributed by atoms with van der Waals surface area (Å²) in [5.74, 6) is 0. The summed E-state index contributed by atoms with van der Waals surface area (Å²) >= 11 is 0. The summed E-state index contributed by atoms with van der Waals surface area (Å²) in [5.41, 5.74) is 9.22. The number of nitrogens with two attached hydrogens (primary N) is 1. The predicted octanol–water partition coefficient (Wildman–Crippen LogP) is 2.28. The molecular weight excluding hydrogens is 196 g/mol. The lowest BCUT2D eigenvalue weighted by Gasteiger charge is -2.25. The van der Waals surface area contributed by atoms with Crippen LogP contribution in [0.2, 0.25) is 0 Å². The van der Waals surface area contributed by atoms with Gasteiger partial charge in [-0.1, -0.05) is 18.2 Å². The maximum Gasteiger partial charge on any atom is 0.0404 e. The highest BCUT2D eigenvalue weighted by atomic mass is 15.1. The Morgan fingerprint density at radius 2 is 1.81 bits per heavy atom. The van der Waals surface area contributed by atoms with Gasteiger partial charge < -0.3 is 10.6 Å². The third kappa shape index (κ3) is 1.52. The van der Waals surface area contributed by atoms with Crippen molar-refractivity contribution in [1.29, 1.82) is 0 Å². The zero-order chi connectivity index (χ0) is 11.0.